The van der Waals surface area contributed by atoms with E-state index in [1.54, 1.807) is 6.92 Å². The van der Waals surface area contributed by atoms with E-state index in [-0.39, 0.29) is 22.3 Å². The second-order valence-electron chi connectivity index (χ2n) is 4.48. The Hall–Kier alpha value is -1.94. The topological polar surface area (TPSA) is 102 Å². The number of benzene rings is 1. The number of esters is 3. The van der Waals surface area contributed by atoms with Crippen LogP contribution in [0.5, 0.6) is 0 Å². The minimum absolute atomic E-state index is 0.0503. The van der Waals surface area contributed by atoms with Gasteiger partial charge in [-0.2, -0.15) is 0 Å². The SMILES string of the molecule is C=C(C)N[I-]c1c2c(cc3c1C(=O)OC3O)C(=O)OC2=O. The molecule has 2 aliphatic rings. The van der Waals surface area contributed by atoms with Gasteiger partial charge in [-0.15, -0.1) is 0 Å². The van der Waals surface area contributed by atoms with Gasteiger partial charge in [-0.05, 0) is 0 Å². The molecule has 2 N–H and O–H groups in total. The van der Waals surface area contributed by atoms with Crippen molar-refractivity contribution in [1.82, 2.24) is 3.53 Å². The third kappa shape index (κ3) is 2.10. The molecule has 0 amide bonds. The zero-order chi connectivity index (χ0) is 15.3. The van der Waals surface area contributed by atoms with Crippen molar-refractivity contribution in [3.63, 3.8) is 0 Å². The Kier molecular flexibility index (Phi) is 3.21. The molecule has 3 rings (SSSR count). The number of allylic oxidation sites excluding steroid dienone is 1. The van der Waals surface area contributed by atoms with E-state index in [9.17, 15) is 19.5 Å². The summed E-state index contributed by atoms with van der Waals surface area (Å²) in [6.45, 7) is 5.43. The number of nitrogens with one attached hydrogen (secondary N) is 1. The molecular formula is C13H9INO6-. The van der Waals surface area contributed by atoms with Gasteiger partial charge in [-0.25, -0.2) is 0 Å². The van der Waals surface area contributed by atoms with Crippen LogP contribution in [0.1, 0.15) is 49.9 Å². The predicted octanol–water partition coefficient (Wildman–Crippen LogP) is -2.54. The minimum atomic E-state index is -1.44. The number of aliphatic hydroxyl groups excluding tert-OH is 1. The first-order valence-electron chi connectivity index (χ1n) is 5.82. The Morgan fingerprint density at radius 1 is 1.29 bits per heavy atom. The molecule has 1 aromatic rings. The molecule has 0 fully saturated rings. The summed E-state index contributed by atoms with van der Waals surface area (Å²) >= 11 is -1.03. The first-order valence-corrected chi connectivity index (χ1v) is 7.97. The van der Waals surface area contributed by atoms with Crippen LogP contribution < -0.4 is 25.0 Å². The molecule has 0 aromatic heterocycles. The number of carbonyl (C=O) groups excluding carboxylic acids is 3. The Labute approximate surface area is 129 Å². The number of halogens is 1. The Morgan fingerprint density at radius 2 is 2.00 bits per heavy atom. The van der Waals surface area contributed by atoms with Crippen molar-refractivity contribution < 1.29 is 50.4 Å². The van der Waals surface area contributed by atoms with Crippen molar-refractivity contribution in [2.75, 3.05) is 0 Å². The van der Waals surface area contributed by atoms with Crippen LogP contribution in [-0.4, -0.2) is 23.0 Å². The van der Waals surface area contributed by atoms with Crippen LogP contribution in [0.4, 0.5) is 0 Å². The molecule has 7 nitrogen and oxygen atoms in total. The molecule has 0 aliphatic carbocycles. The van der Waals surface area contributed by atoms with Crippen LogP contribution >= 0.6 is 0 Å². The molecule has 0 saturated carbocycles. The summed E-state index contributed by atoms with van der Waals surface area (Å²) < 4.78 is 12.7. The molecule has 21 heavy (non-hydrogen) atoms. The van der Waals surface area contributed by atoms with Crippen molar-refractivity contribution in [3.8, 4) is 0 Å². The summed E-state index contributed by atoms with van der Waals surface area (Å²) in [5.74, 6) is -2.29. The second kappa shape index (κ2) is 4.81. The van der Waals surface area contributed by atoms with E-state index >= 15 is 0 Å². The molecule has 1 atom stereocenters. The summed E-state index contributed by atoms with van der Waals surface area (Å²) in [4.78, 5) is 35.4. The average Bonchev–Trinajstić information content (AvgIpc) is 2.85. The Morgan fingerprint density at radius 3 is 2.67 bits per heavy atom. The van der Waals surface area contributed by atoms with Crippen LogP contribution in [0.15, 0.2) is 18.3 Å². The molecule has 1 aromatic carbocycles. The monoisotopic (exact) mass is 402 g/mol. The van der Waals surface area contributed by atoms with Gasteiger partial charge in [0.15, 0.2) is 0 Å². The zero-order valence-corrected chi connectivity index (χ0v) is 12.9. The van der Waals surface area contributed by atoms with Crippen molar-refractivity contribution in [2.45, 2.75) is 13.2 Å². The van der Waals surface area contributed by atoms with Crippen LogP contribution in [0.25, 0.3) is 0 Å². The van der Waals surface area contributed by atoms with Gasteiger partial charge in [0.1, 0.15) is 0 Å². The van der Waals surface area contributed by atoms with Gasteiger partial charge in [-0.3, -0.25) is 0 Å². The number of hydrogen-bond acceptors (Lipinski definition) is 7. The normalized spacial score (nSPS) is 19.1. The van der Waals surface area contributed by atoms with Crippen molar-refractivity contribution in [1.29, 1.82) is 0 Å². The summed E-state index contributed by atoms with van der Waals surface area (Å²) in [7, 11) is 0. The van der Waals surface area contributed by atoms with Crippen molar-refractivity contribution in [3.05, 3.63) is 44.2 Å². The molecule has 110 valence electrons. The number of ether oxygens (including phenoxy) is 2. The fourth-order valence-corrected chi connectivity index (χ4v) is 4.38. The van der Waals surface area contributed by atoms with Crippen molar-refractivity contribution >= 4 is 17.9 Å². The molecule has 2 heterocycles. The zero-order valence-electron chi connectivity index (χ0n) is 10.7. The van der Waals surface area contributed by atoms with E-state index in [0.717, 1.165) is 0 Å². The number of aliphatic hydroxyl groups is 1. The number of cyclic esters (lactones) is 3. The van der Waals surface area contributed by atoms with Crippen LogP contribution in [0.2, 0.25) is 0 Å². The first-order chi connectivity index (χ1) is 9.90. The number of hydrogen-bond donors (Lipinski definition) is 2. The number of fused-ring (bicyclic) bond motifs is 2. The van der Waals surface area contributed by atoms with Gasteiger partial charge >= 0.3 is 129 Å². The summed E-state index contributed by atoms with van der Waals surface area (Å²) in [5, 5.41) is 9.73. The fourth-order valence-electron chi connectivity index (χ4n) is 2.07. The maximum absolute atomic E-state index is 11.9. The molecule has 0 spiro atoms. The molecule has 0 bridgehead atoms. The average molecular weight is 402 g/mol. The molecule has 0 radical (unpaired) electrons. The predicted molar refractivity (Wildman–Crippen MR) is 63.2 cm³/mol. The van der Waals surface area contributed by atoms with Gasteiger partial charge in [0.05, 0.1) is 0 Å². The summed E-state index contributed by atoms with van der Waals surface area (Å²) in [6, 6.07) is 1.28. The second-order valence-corrected chi connectivity index (χ2v) is 6.64. The van der Waals surface area contributed by atoms with E-state index in [2.05, 4.69) is 14.8 Å². The van der Waals surface area contributed by atoms with E-state index in [1.807, 2.05) is 0 Å². The van der Waals surface area contributed by atoms with E-state index in [1.165, 1.54) is 6.07 Å². The summed E-state index contributed by atoms with van der Waals surface area (Å²) in [5.41, 5.74) is 1.11. The third-order valence-electron chi connectivity index (χ3n) is 2.90. The van der Waals surface area contributed by atoms with Gasteiger partial charge in [0, 0.05) is 0 Å². The van der Waals surface area contributed by atoms with E-state index in [4.69, 9.17) is 4.74 Å². The van der Waals surface area contributed by atoms with Crippen LogP contribution in [0.3, 0.4) is 0 Å². The summed E-state index contributed by atoms with van der Waals surface area (Å²) in [6.07, 6.45) is -1.44. The Bertz CT molecular complexity index is 726. The first kappa shape index (κ1) is 14.0. The van der Waals surface area contributed by atoms with E-state index < -0.39 is 45.7 Å². The van der Waals surface area contributed by atoms with Gasteiger partial charge in [-0.1, -0.05) is 0 Å². The number of carbonyl (C=O) groups is 3. The van der Waals surface area contributed by atoms with Gasteiger partial charge in [0.2, 0.25) is 0 Å². The molecule has 2 aliphatic heterocycles. The Balaban J connectivity index is 2.24. The van der Waals surface area contributed by atoms with Crippen LogP contribution in [0, 0.1) is 3.57 Å². The molecule has 8 heteroatoms. The molecule has 1 unspecified atom stereocenters. The standard InChI is InChI=1S/C13H9INO6/c1-4(2)15-14-9-7-5(10(16)20-12(7)18)3-6-8(9)13(19)21-11(6)17/h3,10,15-16H,1H2,2H3/q-1. The van der Waals surface area contributed by atoms with Crippen LogP contribution in [-0.2, 0) is 9.47 Å². The molecular weight excluding hydrogens is 393 g/mol. The third-order valence-corrected chi connectivity index (χ3v) is 5.71. The molecule has 0 saturated heterocycles. The number of rotatable bonds is 3. The van der Waals surface area contributed by atoms with Gasteiger partial charge in [0.25, 0.3) is 0 Å². The quantitative estimate of drug-likeness (QED) is 0.249. The van der Waals surface area contributed by atoms with E-state index in [0.29, 0.717) is 9.27 Å². The maximum atomic E-state index is 11.9. The van der Waals surface area contributed by atoms with Crippen molar-refractivity contribution in [2.24, 2.45) is 0 Å². The fraction of sp³-hybridized carbons (Fsp3) is 0.154. The van der Waals surface area contributed by atoms with Gasteiger partial charge < -0.3 is 0 Å².